The third-order valence-corrected chi connectivity index (χ3v) is 6.22. The molecule has 5 nitrogen and oxygen atoms in total. The Morgan fingerprint density at radius 1 is 1.29 bits per heavy atom. The van der Waals surface area contributed by atoms with Crippen LogP contribution in [0.25, 0.3) is 10.6 Å². The number of methoxy groups -OCH3 is 1. The lowest BCUT2D eigenvalue weighted by Crippen LogP contribution is -2.30. The normalized spacial score (nSPS) is 15.7. The zero-order chi connectivity index (χ0) is 19.5. The van der Waals surface area contributed by atoms with E-state index in [0.29, 0.717) is 5.56 Å². The number of hydrogen-bond donors (Lipinski definition) is 2. The number of carbonyl (C=O) groups excluding carboxylic acids is 1. The topological polar surface area (TPSA) is 71.5 Å². The zero-order valence-electron chi connectivity index (χ0n) is 15.6. The highest BCUT2D eigenvalue weighted by Gasteiger charge is 2.26. The minimum absolute atomic E-state index is 0.0291. The lowest BCUT2D eigenvalue weighted by molar-refractivity contribution is 0.0933. The summed E-state index contributed by atoms with van der Waals surface area (Å²) in [5.74, 6) is 0.702. The molecule has 0 fully saturated rings. The van der Waals surface area contributed by atoms with E-state index in [-0.39, 0.29) is 18.6 Å². The highest BCUT2D eigenvalue weighted by Crippen LogP contribution is 2.38. The molecule has 0 saturated heterocycles. The Bertz CT molecular complexity index is 982. The number of thiazole rings is 1. The van der Waals surface area contributed by atoms with Crippen LogP contribution in [0.4, 0.5) is 0 Å². The van der Waals surface area contributed by atoms with Crippen LogP contribution in [0.3, 0.4) is 0 Å². The smallest absolute Gasteiger partial charge is 0.251 e. The van der Waals surface area contributed by atoms with E-state index < -0.39 is 0 Å². The molecule has 3 aromatic rings. The molecule has 1 aliphatic rings. The minimum atomic E-state index is -0.118. The fourth-order valence-electron chi connectivity index (χ4n) is 3.47. The Labute approximate surface area is 168 Å². The summed E-state index contributed by atoms with van der Waals surface area (Å²) in [5, 5.41) is 13.4. The van der Waals surface area contributed by atoms with Crippen molar-refractivity contribution in [3.63, 3.8) is 0 Å². The standard InChI is InChI=1S/C22H22N2O3S/c1-27-17-10-8-15(9-11-17)22-24-19-7-3-6-18(20(19)28-22)23-21(26)16-5-2-4-14(12-16)13-25/h2,4-5,8-12,18,25H,3,6-7,13H2,1H3,(H,23,26). The van der Waals surface area contributed by atoms with Crippen LogP contribution in [0.15, 0.2) is 48.5 Å². The Hall–Kier alpha value is -2.70. The van der Waals surface area contributed by atoms with E-state index in [1.165, 1.54) is 0 Å². The summed E-state index contributed by atoms with van der Waals surface area (Å²) in [7, 11) is 1.65. The van der Waals surface area contributed by atoms with E-state index in [9.17, 15) is 9.90 Å². The van der Waals surface area contributed by atoms with Gasteiger partial charge in [-0.15, -0.1) is 11.3 Å². The average molecular weight is 394 g/mol. The van der Waals surface area contributed by atoms with Crippen LogP contribution in [-0.2, 0) is 13.0 Å². The number of aliphatic hydroxyl groups excluding tert-OH is 1. The molecule has 2 aromatic carbocycles. The number of aryl methyl sites for hydroxylation is 1. The van der Waals surface area contributed by atoms with Gasteiger partial charge < -0.3 is 15.2 Å². The molecule has 0 radical (unpaired) electrons. The van der Waals surface area contributed by atoms with Crippen molar-refractivity contribution in [2.45, 2.75) is 31.9 Å². The summed E-state index contributed by atoms with van der Waals surface area (Å²) in [6.07, 6.45) is 2.84. The van der Waals surface area contributed by atoms with Crippen LogP contribution >= 0.6 is 11.3 Å². The number of nitrogens with one attached hydrogen (secondary N) is 1. The van der Waals surface area contributed by atoms with Gasteiger partial charge in [0.2, 0.25) is 0 Å². The Morgan fingerprint density at radius 2 is 2.11 bits per heavy atom. The predicted molar refractivity (Wildman–Crippen MR) is 110 cm³/mol. The predicted octanol–water partition coefficient (Wildman–Crippen LogP) is 4.12. The molecule has 1 aromatic heterocycles. The SMILES string of the molecule is COc1ccc(-c2nc3c(s2)C(NC(=O)c2cccc(CO)c2)CCC3)cc1. The number of fused-ring (bicyclic) bond motifs is 1. The van der Waals surface area contributed by atoms with Crippen molar-refractivity contribution in [2.24, 2.45) is 0 Å². The first-order chi connectivity index (χ1) is 13.7. The lowest BCUT2D eigenvalue weighted by atomic mass is 9.97. The van der Waals surface area contributed by atoms with Crippen molar-refractivity contribution in [1.82, 2.24) is 10.3 Å². The Balaban J connectivity index is 1.56. The molecule has 1 aliphatic carbocycles. The van der Waals surface area contributed by atoms with Gasteiger partial charge in [-0.3, -0.25) is 4.79 Å². The van der Waals surface area contributed by atoms with Crippen molar-refractivity contribution >= 4 is 17.2 Å². The van der Waals surface area contributed by atoms with Crippen LogP contribution in [0.1, 0.15) is 45.4 Å². The molecule has 1 amide bonds. The van der Waals surface area contributed by atoms with Crippen molar-refractivity contribution in [1.29, 1.82) is 0 Å². The zero-order valence-corrected chi connectivity index (χ0v) is 16.5. The number of aliphatic hydroxyl groups is 1. The van der Waals surface area contributed by atoms with Gasteiger partial charge in [0.1, 0.15) is 10.8 Å². The van der Waals surface area contributed by atoms with Crippen LogP contribution < -0.4 is 10.1 Å². The monoisotopic (exact) mass is 394 g/mol. The number of nitrogens with zero attached hydrogens (tertiary/aromatic N) is 1. The van der Waals surface area contributed by atoms with Gasteiger partial charge in [0, 0.05) is 11.1 Å². The molecule has 0 aliphatic heterocycles. The molecule has 4 rings (SSSR count). The van der Waals surface area contributed by atoms with Crippen LogP contribution in [-0.4, -0.2) is 23.1 Å². The summed E-state index contributed by atoms with van der Waals surface area (Å²) in [4.78, 5) is 18.7. The Morgan fingerprint density at radius 3 is 2.86 bits per heavy atom. The first-order valence-electron chi connectivity index (χ1n) is 9.32. The summed E-state index contributed by atoms with van der Waals surface area (Å²) in [6, 6.07) is 15.0. The van der Waals surface area contributed by atoms with Gasteiger partial charge in [-0.2, -0.15) is 0 Å². The number of aromatic nitrogens is 1. The summed E-state index contributed by atoms with van der Waals surface area (Å²) in [5.41, 5.74) is 3.44. The van der Waals surface area contributed by atoms with Crippen molar-refractivity contribution in [3.8, 4) is 16.3 Å². The summed E-state index contributed by atoms with van der Waals surface area (Å²) < 4.78 is 5.23. The van der Waals surface area contributed by atoms with Gasteiger partial charge in [0.25, 0.3) is 5.91 Å². The van der Waals surface area contributed by atoms with Crippen LogP contribution in [0, 0.1) is 0 Å². The van der Waals surface area contributed by atoms with E-state index >= 15 is 0 Å². The number of benzene rings is 2. The summed E-state index contributed by atoms with van der Waals surface area (Å²) >= 11 is 1.65. The molecule has 1 unspecified atom stereocenters. The van der Waals surface area contributed by atoms with E-state index in [1.54, 1.807) is 42.7 Å². The second-order valence-electron chi connectivity index (χ2n) is 6.84. The molecule has 0 bridgehead atoms. The molecule has 1 heterocycles. The third kappa shape index (κ3) is 3.79. The first-order valence-corrected chi connectivity index (χ1v) is 10.1. The number of hydrogen-bond acceptors (Lipinski definition) is 5. The molecule has 0 spiro atoms. The molecule has 28 heavy (non-hydrogen) atoms. The second kappa shape index (κ2) is 8.12. The lowest BCUT2D eigenvalue weighted by Gasteiger charge is -2.22. The number of ether oxygens (including phenoxy) is 1. The maximum absolute atomic E-state index is 12.7. The van der Waals surface area contributed by atoms with Gasteiger partial charge >= 0.3 is 0 Å². The fraction of sp³-hybridized carbons (Fsp3) is 0.273. The highest BCUT2D eigenvalue weighted by atomic mass is 32.1. The number of rotatable bonds is 5. The number of amides is 1. The number of carbonyl (C=O) groups is 1. The fourth-order valence-corrected chi connectivity index (χ4v) is 4.67. The van der Waals surface area contributed by atoms with Crippen molar-refractivity contribution in [2.75, 3.05) is 7.11 Å². The van der Waals surface area contributed by atoms with Gasteiger partial charge in [-0.25, -0.2) is 4.98 Å². The molecule has 6 heteroatoms. The van der Waals surface area contributed by atoms with Crippen molar-refractivity contribution in [3.05, 3.63) is 70.2 Å². The molecule has 2 N–H and O–H groups in total. The van der Waals surface area contributed by atoms with E-state index in [4.69, 9.17) is 9.72 Å². The average Bonchev–Trinajstić information content (AvgIpc) is 3.19. The molecule has 0 saturated carbocycles. The van der Waals surface area contributed by atoms with E-state index in [1.807, 2.05) is 24.3 Å². The van der Waals surface area contributed by atoms with E-state index in [2.05, 4.69) is 5.32 Å². The van der Waals surface area contributed by atoms with Gasteiger partial charge in [-0.05, 0) is 61.2 Å². The van der Waals surface area contributed by atoms with Gasteiger partial charge in [0.05, 0.1) is 30.3 Å². The molecule has 144 valence electrons. The second-order valence-corrected chi connectivity index (χ2v) is 7.87. The molecule has 1 atom stereocenters. The van der Waals surface area contributed by atoms with Gasteiger partial charge in [0.15, 0.2) is 0 Å². The van der Waals surface area contributed by atoms with E-state index in [0.717, 1.165) is 51.7 Å². The van der Waals surface area contributed by atoms with Gasteiger partial charge in [-0.1, -0.05) is 12.1 Å². The van der Waals surface area contributed by atoms with Crippen LogP contribution in [0.5, 0.6) is 5.75 Å². The Kier molecular flexibility index (Phi) is 5.41. The van der Waals surface area contributed by atoms with Crippen molar-refractivity contribution < 1.29 is 14.6 Å². The largest absolute Gasteiger partial charge is 0.497 e. The molecular weight excluding hydrogens is 372 g/mol. The minimum Gasteiger partial charge on any atom is -0.497 e. The maximum atomic E-state index is 12.7. The third-order valence-electron chi connectivity index (χ3n) is 4.96. The first kappa shape index (κ1) is 18.7. The maximum Gasteiger partial charge on any atom is 0.251 e. The molecular formula is C22H22N2O3S. The summed E-state index contributed by atoms with van der Waals surface area (Å²) in [6.45, 7) is -0.0746. The highest BCUT2D eigenvalue weighted by molar-refractivity contribution is 7.15. The van der Waals surface area contributed by atoms with Crippen LogP contribution in [0.2, 0.25) is 0 Å². The quantitative estimate of drug-likeness (QED) is 0.683.